The normalized spacial score (nSPS) is 23.1. The number of amides is 2. The first-order valence-electron chi connectivity index (χ1n) is 8.01. The number of urea groups is 1. The number of hydrogen-bond donors (Lipinski definition) is 1. The van der Waals surface area contributed by atoms with Crippen LogP contribution < -0.4 is 5.32 Å². The third-order valence-electron chi connectivity index (χ3n) is 4.17. The van der Waals surface area contributed by atoms with Gasteiger partial charge in [-0.05, 0) is 39.0 Å². The van der Waals surface area contributed by atoms with Gasteiger partial charge in [0, 0.05) is 26.2 Å². The molecule has 2 fully saturated rings. The summed E-state index contributed by atoms with van der Waals surface area (Å²) in [6, 6.07) is -0.0321. The summed E-state index contributed by atoms with van der Waals surface area (Å²) in [7, 11) is 0. The largest absolute Gasteiger partial charge is 0.466 e. The maximum atomic E-state index is 12.0. The fraction of sp³-hybridized carbons (Fsp3) is 0.867. The Morgan fingerprint density at radius 3 is 2.67 bits per heavy atom. The summed E-state index contributed by atoms with van der Waals surface area (Å²) in [4.78, 5) is 25.5. The maximum Gasteiger partial charge on any atom is 0.317 e. The third-order valence-corrected chi connectivity index (χ3v) is 4.17. The molecule has 21 heavy (non-hydrogen) atoms. The first-order chi connectivity index (χ1) is 10.2. The van der Waals surface area contributed by atoms with E-state index in [-0.39, 0.29) is 17.9 Å². The molecule has 2 rings (SSSR count). The van der Waals surface area contributed by atoms with E-state index in [0.29, 0.717) is 45.2 Å². The lowest BCUT2D eigenvalue weighted by Crippen LogP contribution is -2.46. The van der Waals surface area contributed by atoms with Gasteiger partial charge < -0.3 is 19.7 Å². The average Bonchev–Trinajstić information content (AvgIpc) is 3.01. The molecular weight excluding hydrogens is 272 g/mol. The molecule has 1 atom stereocenters. The Bertz CT molecular complexity index is 348. The van der Waals surface area contributed by atoms with E-state index in [4.69, 9.17) is 9.47 Å². The molecule has 2 aliphatic rings. The van der Waals surface area contributed by atoms with Crippen LogP contribution in [0.2, 0.25) is 0 Å². The number of carbonyl (C=O) groups excluding carboxylic acids is 2. The van der Waals surface area contributed by atoms with E-state index in [0.717, 1.165) is 25.9 Å². The summed E-state index contributed by atoms with van der Waals surface area (Å²) < 4.78 is 10.6. The van der Waals surface area contributed by atoms with Crippen molar-refractivity contribution in [3.8, 4) is 0 Å². The van der Waals surface area contributed by atoms with Crippen LogP contribution in [0.3, 0.4) is 0 Å². The quantitative estimate of drug-likeness (QED) is 0.782. The fourth-order valence-electron chi connectivity index (χ4n) is 2.90. The number of carbonyl (C=O) groups is 2. The second-order valence-electron chi connectivity index (χ2n) is 5.67. The highest BCUT2D eigenvalue weighted by Gasteiger charge is 2.28. The van der Waals surface area contributed by atoms with E-state index < -0.39 is 0 Å². The lowest BCUT2D eigenvalue weighted by atomic mass is 9.97. The van der Waals surface area contributed by atoms with Gasteiger partial charge in [-0.2, -0.15) is 0 Å². The smallest absolute Gasteiger partial charge is 0.317 e. The Kier molecular flexibility index (Phi) is 6.29. The van der Waals surface area contributed by atoms with Crippen molar-refractivity contribution in [3.05, 3.63) is 0 Å². The van der Waals surface area contributed by atoms with Crippen molar-refractivity contribution >= 4 is 12.0 Å². The van der Waals surface area contributed by atoms with Crippen LogP contribution in [0.15, 0.2) is 0 Å². The number of esters is 1. The molecule has 0 spiro atoms. The van der Waals surface area contributed by atoms with Crippen LogP contribution in [0.5, 0.6) is 0 Å². The first kappa shape index (κ1) is 16.1. The average molecular weight is 298 g/mol. The Morgan fingerprint density at radius 1 is 1.29 bits per heavy atom. The molecule has 0 radical (unpaired) electrons. The van der Waals surface area contributed by atoms with Gasteiger partial charge in [-0.15, -0.1) is 0 Å². The minimum atomic E-state index is -0.129. The predicted molar refractivity (Wildman–Crippen MR) is 77.9 cm³/mol. The maximum absolute atomic E-state index is 12.0. The highest BCUT2D eigenvalue weighted by Crippen LogP contribution is 2.19. The van der Waals surface area contributed by atoms with Gasteiger partial charge >= 0.3 is 12.0 Å². The highest BCUT2D eigenvalue weighted by molar-refractivity contribution is 5.76. The van der Waals surface area contributed by atoms with Crippen molar-refractivity contribution < 1.29 is 19.1 Å². The standard InChI is InChI=1S/C15H26N2O4/c1-2-20-14(18)12-6-9-17(10-7-12)15(19)16-8-5-13-4-3-11-21-13/h12-13H,2-11H2,1H3,(H,16,19). The zero-order valence-corrected chi connectivity index (χ0v) is 12.8. The Morgan fingerprint density at radius 2 is 2.05 bits per heavy atom. The minimum absolute atomic E-state index is 0.0321. The molecule has 2 saturated heterocycles. The molecule has 6 nitrogen and oxygen atoms in total. The third kappa shape index (κ3) is 4.88. The van der Waals surface area contributed by atoms with Crippen LogP contribution in [0.25, 0.3) is 0 Å². The van der Waals surface area contributed by atoms with Crippen LogP contribution in [0, 0.1) is 5.92 Å². The van der Waals surface area contributed by atoms with Crippen molar-refractivity contribution in [3.63, 3.8) is 0 Å². The van der Waals surface area contributed by atoms with Gasteiger partial charge in [-0.1, -0.05) is 0 Å². The minimum Gasteiger partial charge on any atom is -0.466 e. The number of ether oxygens (including phenoxy) is 2. The van der Waals surface area contributed by atoms with Gasteiger partial charge in [0.25, 0.3) is 0 Å². The van der Waals surface area contributed by atoms with Crippen LogP contribution in [-0.2, 0) is 14.3 Å². The molecule has 2 heterocycles. The van der Waals surface area contributed by atoms with Crippen LogP contribution in [0.1, 0.15) is 39.0 Å². The number of rotatable bonds is 5. The summed E-state index contributed by atoms with van der Waals surface area (Å²) in [6.45, 7) is 4.98. The van der Waals surface area contributed by atoms with Crippen molar-refractivity contribution in [1.29, 1.82) is 0 Å². The molecule has 120 valence electrons. The Labute approximate surface area is 126 Å². The molecule has 0 bridgehead atoms. The molecule has 2 aliphatic heterocycles. The molecule has 2 amide bonds. The lowest BCUT2D eigenvalue weighted by molar-refractivity contribution is -0.149. The summed E-state index contributed by atoms with van der Waals surface area (Å²) in [5.41, 5.74) is 0. The van der Waals surface area contributed by atoms with E-state index in [1.807, 2.05) is 6.92 Å². The van der Waals surface area contributed by atoms with Gasteiger partial charge in [-0.25, -0.2) is 4.79 Å². The van der Waals surface area contributed by atoms with Gasteiger partial charge in [0.2, 0.25) is 0 Å². The van der Waals surface area contributed by atoms with Crippen molar-refractivity contribution in [2.24, 2.45) is 5.92 Å². The highest BCUT2D eigenvalue weighted by atomic mass is 16.5. The summed E-state index contributed by atoms with van der Waals surface area (Å²) in [5.74, 6) is -0.183. The zero-order chi connectivity index (χ0) is 15.1. The Balaban J connectivity index is 1.62. The fourth-order valence-corrected chi connectivity index (χ4v) is 2.90. The van der Waals surface area contributed by atoms with E-state index in [1.54, 1.807) is 4.90 Å². The van der Waals surface area contributed by atoms with Crippen molar-refractivity contribution in [2.45, 2.75) is 45.1 Å². The SMILES string of the molecule is CCOC(=O)C1CCN(C(=O)NCCC2CCCO2)CC1. The molecule has 0 aromatic carbocycles. The van der Waals surface area contributed by atoms with E-state index in [9.17, 15) is 9.59 Å². The molecule has 0 aliphatic carbocycles. The molecule has 1 N–H and O–H groups in total. The Hall–Kier alpha value is -1.30. The van der Waals surface area contributed by atoms with Crippen LogP contribution in [-0.4, -0.2) is 55.9 Å². The lowest BCUT2D eigenvalue weighted by Gasteiger charge is -2.31. The molecular formula is C15H26N2O4. The van der Waals surface area contributed by atoms with Gasteiger partial charge in [0.15, 0.2) is 0 Å². The number of nitrogens with zero attached hydrogens (tertiary/aromatic N) is 1. The number of likely N-dealkylation sites (tertiary alicyclic amines) is 1. The first-order valence-corrected chi connectivity index (χ1v) is 8.01. The van der Waals surface area contributed by atoms with E-state index in [1.165, 1.54) is 0 Å². The van der Waals surface area contributed by atoms with Crippen LogP contribution in [0.4, 0.5) is 4.79 Å². The van der Waals surface area contributed by atoms with Crippen LogP contribution >= 0.6 is 0 Å². The van der Waals surface area contributed by atoms with E-state index >= 15 is 0 Å². The monoisotopic (exact) mass is 298 g/mol. The van der Waals surface area contributed by atoms with Gasteiger partial charge in [-0.3, -0.25) is 4.79 Å². The number of hydrogen-bond acceptors (Lipinski definition) is 4. The molecule has 6 heteroatoms. The second kappa shape index (κ2) is 8.22. The van der Waals surface area contributed by atoms with Crippen molar-refractivity contribution in [2.75, 3.05) is 32.8 Å². The second-order valence-corrected chi connectivity index (χ2v) is 5.67. The molecule has 0 aromatic rings. The molecule has 0 aromatic heterocycles. The van der Waals surface area contributed by atoms with E-state index in [2.05, 4.69) is 5.32 Å². The zero-order valence-electron chi connectivity index (χ0n) is 12.8. The molecule has 0 saturated carbocycles. The van der Waals surface area contributed by atoms with Gasteiger partial charge in [0.05, 0.1) is 18.6 Å². The van der Waals surface area contributed by atoms with Gasteiger partial charge in [0.1, 0.15) is 0 Å². The number of nitrogens with one attached hydrogen (secondary N) is 1. The summed E-state index contributed by atoms with van der Waals surface area (Å²) in [6.07, 6.45) is 4.79. The summed E-state index contributed by atoms with van der Waals surface area (Å²) >= 11 is 0. The molecule has 1 unspecified atom stereocenters. The van der Waals surface area contributed by atoms with Crippen molar-refractivity contribution in [1.82, 2.24) is 10.2 Å². The predicted octanol–water partition coefficient (Wildman–Crippen LogP) is 1.54. The number of piperidine rings is 1. The topological polar surface area (TPSA) is 67.9 Å². The summed E-state index contributed by atoms with van der Waals surface area (Å²) in [5, 5.41) is 2.94.